The molecule has 0 radical (unpaired) electrons. The van der Waals surface area contributed by atoms with E-state index in [-0.39, 0.29) is 17.4 Å². The highest BCUT2D eigenvalue weighted by Gasteiger charge is 2.23. The first-order chi connectivity index (χ1) is 16.3. The quantitative estimate of drug-likeness (QED) is 0.275. The van der Waals surface area contributed by atoms with Gasteiger partial charge in [-0.15, -0.1) is 0 Å². The minimum atomic E-state index is -4.37. The smallest absolute Gasteiger partial charge is 0.266 e. The summed E-state index contributed by atoms with van der Waals surface area (Å²) in [6.45, 7) is 1.50. The van der Waals surface area contributed by atoms with Gasteiger partial charge in [0, 0.05) is 60.3 Å². The Kier molecular flexibility index (Phi) is 7.29. The van der Waals surface area contributed by atoms with Crippen LogP contribution in [0.5, 0.6) is 0 Å². The second-order valence-electron chi connectivity index (χ2n) is 7.12. The van der Waals surface area contributed by atoms with E-state index in [0.29, 0.717) is 17.6 Å². The van der Waals surface area contributed by atoms with E-state index in [9.17, 15) is 17.2 Å². The predicted octanol–water partition coefficient (Wildman–Crippen LogP) is 4.80. The molecule has 2 heterocycles. The van der Waals surface area contributed by atoms with Crippen LogP contribution in [0, 0.1) is 11.6 Å². The lowest BCUT2D eigenvalue weighted by Crippen LogP contribution is -2.15. The summed E-state index contributed by atoms with van der Waals surface area (Å²) in [7, 11) is -4.37. The number of hydrogen-bond donors (Lipinski definition) is 3. The fraction of sp³-hybridized carbons (Fsp3) is 0.143. The maximum absolute atomic E-state index is 14.7. The Bertz CT molecular complexity index is 1370. The van der Waals surface area contributed by atoms with E-state index in [1.807, 2.05) is 29.1 Å². The molecule has 3 N–H and O–H groups in total. The second-order valence-corrected chi connectivity index (χ2v) is 9.98. The van der Waals surface area contributed by atoms with Gasteiger partial charge < -0.3 is 15.2 Å². The molecule has 2 aromatic heterocycles. The van der Waals surface area contributed by atoms with Crippen LogP contribution >= 0.6 is 23.1 Å². The number of aromatic nitrogens is 3. The Hall–Kier alpha value is -3.22. The van der Waals surface area contributed by atoms with Gasteiger partial charge in [-0.25, -0.2) is 22.2 Å². The van der Waals surface area contributed by atoms with Crippen molar-refractivity contribution in [2.24, 2.45) is 0 Å². The minimum Gasteiger partial charge on any atom is -0.383 e. The van der Waals surface area contributed by atoms with Gasteiger partial charge in [-0.2, -0.15) is 4.37 Å². The maximum Gasteiger partial charge on any atom is 0.266 e. The summed E-state index contributed by atoms with van der Waals surface area (Å²) in [5.41, 5.74) is 1.33. The van der Waals surface area contributed by atoms with Crippen LogP contribution in [0.3, 0.4) is 0 Å². The molecule has 0 saturated carbocycles. The Morgan fingerprint density at radius 2 is 1.82 bits per heavy atom. The fourth-order valence-electron chi connectivity index (χ4n) is 3.15. The van der Waals surface area contributed by atoms with E-state index < -0.39 is 26.6 Å². The van der Waals surface area contributed by atoms with Crippen LogP contribution in [0.25, 0.3) is 0 Å². The van der Waals surface area contributed by atoms with Gasteiger partial charge in [0.05, 0.1) is 5.69 Å². The highest BCUT2D eigenvalue weighted by molar-refractivity contribution is 7.93. The molecule has 0 atom stereocenters. The van der Waals surface area contributed by atoms with E-state index in [1.165, 1.54) is 0 Å². The molecular weight excluding hydrogens is 506 g/mol. The third-order valence-electron chi connectivity index (χ3n) is 4.79. The standard InChI is InChI=1S/C21H19ClF2N6O2S2/c22-15-4-3-14(18(9-15)25-5-8-30-6-1-2-7-30)12-26-19-10-17(24)20(11-16(19)23)34(31,32)29-21-27-13-28-33-21/h1-4,6-7,9-11,13,25-26H,5,8,12H2,(H,27,28,29). The first-order valence-electron chi connectivity index (χ1n) is 9.97. The van der Waals surface area contributed by atoms with Crippen molar-refractivity contribution < 1.29 is 17.2 Å². The number of nitrogens with zero attached hydrogens (tertiary/aromatic N) is 3. The number of sulfonamides is 1. The average Bonchev–Trinajstić information content (AvgIpc) is 3.49. The first-order valence-corrected chi connectivity index (χ1v) is 12.6. The molecule has 0 fully saturated rings. The molecule has 4 rings (SSSR count). The zero-order valence-corrected chi connectivity index (χ0v) is 19.9. The Morgan fingerprint density at radius 3 is 2.56 bits per heavy atom. The summed E-state index contributed by atoms with van der Waals surface area (Å²) in [5, 5.41) is 6.59. The summed E-state index contributed by atoms with van der Waals surface area (Å²) < 4.78 is 61.9. The van der Waals surface area contributed by atoms with Crippen molar-refractivity contribution in [3.05, 3.63) is 83.4 Å². The molecule has 0 spiro atoms. The monoisotopic (exact) mass is 524 g/mol. The average molecular weight is 525 g/mol. The van der Waals surface area contributed by atoms with Gasteiger partial charge in [0.15, 0.2) is 0 Å². The van der Waals surface area contributed by atoms with Crippen LogP contribution in [0.1, 0.15) is 5.56 Å². The van der Waals surface area contributed by atoms with E-state index >= 15 is 0 Å². The predicted molar refractivity (Wildman–Crippen MR) is 129 cm³/mol. The summed E-state index contributed by atoms with van der Waals surface area (Å²) in [4.78, 5) is 2.85. The number of nitrogens with one attached hydrogen (secondary N) is 3. The van der Waals surface area contributed by atoms with Crippen LogP contribution in [0.15, 0.2) is 66.1 Å². The molecule has 0 bridgehead atoms. The summed E-state index contributed by atoms with van der Waals surface area (Å²) in [6, 6.07) is 10.5. The minimum absolute atomic E-state index is 0.0541. The largest absolute Gasteiger partial charge is 0.383 e. The van der Waals surface area contributed by atoms with E-state index in [2.05, 4.69) is 24.7 Å². The molecule has 4 aromatic rings. The molecule has 178 valence electrons. The summed E-state index contributed by atoms with van der Waals surface area (Å²) in [5.74, 6) is -2.03. The molecule has 34 heavy (non-hydrogen) atoms. The van der Waals surface area contributed by atoms with Crippen molar-refractivity contribution in [1.29, 1.82) is 0 Å². The fourth-order valence-corrected chi connectivity index (χ4v) is 5.06. The molecule has 0 saturated heterocycles. The second kappa shape index (κ2) is 10.4. The van der Waals surface area contributed by atoms with Crippen molar-refractivity contribution in [2.75, 3.05) is 21.9 Å². The SMILES string of the molecule is O=S(=O)(Nc1ncns1)c1cc(F)c(NCc2ccc(Cl)cc2NCCn2cccc2)cc1F. The Balaban J connectivity index is 1.46. The molecule has 0 unspecified atom stereocenters. The lowest BCUT2D eigenvalue weighted by atomic mass is 10.1. The summed E-state index contributed by atoms with van der Waals surface area (Å²) >= 11 is 6.90. The highest BCUT2D eigenvalue weighted by Crippen LogP contribution is 2.27. The van der Waals surface area contributed by atoms with Gasteiger partial charge in [-0.05, 0) is 35.9 Å². The zero-order valence-electron chi connectivity index (χ0n) is 17.5. The Morgan fingerprint density at radius 1 is 1.03 bits per heavy atom. The van der Waals surface area contributed by atoms with Gasteiger partial charge >= 0.3 is 0 Å². The van der Waals surface area contributed by atoms with Crippen molar-refractivity contribution in [2.45, 2.75) is 18.0 Å². The maximum atomic E-state index is 14.7. The van der Waals surface area contributed by atoms with E-state index in [0.717, 1.165) is 41.7 Å². The van der Waals surface area contributed by atoms with Gasteiger partial charge in [-0.1, -0.05) is 17.7 Å². The van der Waals surface area contributed by atoms with Crippen molar-refractivity contribution >= 4 is 49.7 Å². The van der Waals surface area contributed by atoms with Gasteiger partial charge in [-0.3, -0.25) is 4.72 Å². The first kappa shape index (κ1) is 23.9. The van der Waals surface area contributed by atoms with E-state index in [1.54, 1.807) is 18.2 Å². The molecule has 0 amide bonds. The lowest BCUT2D eigenvalue weighted by Gasteiger charge is -2.15. The zero-order chi connectivity index (χ0) is 24.1. The van der Waals surface area contributed by atoms with Crippen LogP contribution < -0.4 is 15.4 Å². The molecule has 8 nitrogen and oxygen atoms in total. The van der Waals surface area contributed by atoms with Crippen LogP contribution in [-0.4, -0.2) is 28.9 Å². The van der Waals surface area contributed by atoms with E-state index in [4.69, 9.17) is 11.6 Å². The normalized spacial score (nSPS) is 11.4. The van der Waals surface area contributed by atoms with Gasteiger partial charge in [0.1, 0.15) is 22.9 Å². The number of hydrogen-bond acceptors (Lipinski definition) is 7. The molecule has 0 aliphatic carbocycles. The van der Waals surface area contributed by atoms with Crippen molar-refractivity contribution in [3.63, 3.8) is 0 Å². The summed E-state index contributed by atoms with van der Waals surface area (Å²) in [6.07, 6.45) is 5.05. The molecule has 13 heteroatoms. The van der Waals surface area contributed by atoms with Crippen molar-refractivity contribution in [1.82, 2.24) is 13.9 Å². The molecule has 0 aliphatic rings. The van der Waals surface area contributed by atoms with Crippen LogP contribution in [-0.2, 0) is 23.1 Å². The van der Waals surface area contributed by atoms with Crippen LogP contribution in [0.2, 0.25) is 5.02 Å². The number of benzene rings is 2. The number of rotatable bonds is 10. The van der Waals surface area contributed by atoms with Gasteiger partial charge in [0.2, 0.25) is 5.13 Å². The molecule has 2 aromatic carbocycles. The van der Waals surface area contributed by atoms with Crippen LogP contribution in [0.4, 0.5) is 25.3 Å². The Labute approximate surface area is 203 Å². The molecular formula is C21H19ClF2N6O2S2. The number of halogens is 3. The highest BCUT2D eigenvalue weighted by atomic mass is 35.5. The number of anilines is 3. The van der Waals surface area contributed by atoms with Crippen molar-refractivity contribution in [3.8, 4) is 0 Å². The lowest BCUT2D eigenvalue weighted by molar-refractivity contribution is 0.557. The third kappa shape index (κ3) is 5.82. The molecule has 0 aliphatic heterocycles. The third-order valence-corrected chi connectivity index (χ3v) is 7.09. The van der Waals surface area contributed by atoms with Gasteiger partial charge in [0.25, 0.3) is 10.0 Å². The topological polar surface area (TPSA) is 101 Å².